The highest BCUT2D eigenvalue weighted by Gasteiger charge is 2.33. The van der Waals surface area contributed by atoms with E-state index in [9.17, 15) is 5.11 Å². The molecule has 1 aliphatic rings. The van der Waals surface area contributed by atoms with Gasteiger partial charge in [0.25, 0.3) is 0 Å². The minimum absolute atomic E-state index is 0.0629. The molecule has 17 heavy (non-hydrogen) atoms. The molecule has 0 amide bonds. The number of hydrogen-bond acceptors (Lipinski definition) is 3. The predicted octanol–water partition coefficient (Wildman–Crippen LogP) is 2.19. The molecule has 1 atom stereocenters. The Hall–Kier alpha value is -0.320. The number of aliphatic hydroxyl groups is 1. The van der Waals surface area contributed by atoms with Crippen LogP contribution in [0.1, 0.15) is 12.0 Å². The van der Waals surface area contributed by atoms with Gasteiger partial charge in [-0.2, -0.15) is 0 Å². The van der Waals surface area contributed by atoms with E-state index in [2.05, 4.69) is 5.32 Å². The summed E-state index contributed by atoms with van der Waals surface area (Å²) in [5.41, 5.74) is 0.204. The van der Waals surface area contributed by atoms with Crippen molar-refractivity contribution >= 4 is 23.2 Å². The molecule has 0 bridgehead atoms. The van der Waals surface area contributed by atoms with E-state index in [1.165, 1.54) is 0 Å². The summed E-state index contributed by atoms with van der Waals surface area (Å²) in [4.78, 5) is 0. The van der Waals surface area contributed by atoms with Gasteiger partial charge in [-0.25, -0.2) is 0 Å². The van der Waals surface area contributed by atoms with Crippen molar-refractivity contribution in [1.82, 2.24) is 5.32 Å². The van der Waals surface area contributed by atoms with Gasteiger partial charge in [0.2, 0.25) is 0 Å². The molecular formula is C12H15Cl2NO2. The second-order valence-corrected chi connectivity index (χ2v) is 4.94. The van der Waals surface area contributed by atoms with E-state index < -0.39 is 5.60 Å². The van der Waals surface area contributed by atoms with Crippen molar-refractivity contribution in [3.63, 3.8) is 0 Å². The van der Waals surface area contributed by atoms with E-state index in [1.54, 1.807) is 12.1 Å². The van der Waals surface area contributed by atoms with Gasteiger partial charge in [0.05, 0.1) is 23.3 Å². The molecule has 3 nitrogen and oxygen atoms in total. The Morgan fingerprint density at radius 3 is 2.82 bits per heavy atom. The maximum Gasteiger partial charge on any atom is 0.117 e. The van der Waals surface area contributed by atoms with Crippen LogP contribution >= 0.6 is 23.2 Å². The van der Waals surface area contributed by atoms with Gasteiger partial charge >= 0.3 is 0 Å². The molecule has 0 aliphatic carbocycles. The van der Waals surface area contributed by atoms with Gasteiger partial charge in [0.15, 0.2) is 0 Å². The van der Waals surface area contributed by atoms with E-state index in [4.69, 9.17) is 27.9 Å². The summed E-state index contributed by atoms with van der Waals surface area (Å²) in [7, 11) is 0. The summed E-state index contributed by atoms with van der Waals surface area (Å²) in [6, 6.07) is 5.36. The first-order valence-corrected chi connectivity index (χ1v) is 6.35. The number of hydrogen-bond donors (Lipinski definition) is 2. The minimum Gasteiger partial charge on any atom is -0.393 e. The van der Waals surface area contributed by atoms with Gasteiger partial charge in [0.1, 0.15) is 5.60 Å². The van der Waals surface area contributed by atoms with Crippen LogP contribution in [0.3, 0.4) is 0 Å². The fourth-order valence-corrected chi connectivity index (χ4v) is 2.33. The molecule has 0 saturated carbocycles. The van der Waals surface area contributed by atoms with Crippen molar-refractivity contribution in [1.29, 1.82) is 0 Å². The first-order valence-electron chi connectivity index (χ1n) is 5.59. The average molecular weight is 276 g/mol. The van der Waals surface area contributed by atoms with Crippen LogP contribution in [0.25, 0.3) is 0 Å². The third kappa shape index (κ3) is 2.75. The number of ether oxygens (including phenoxy) is 1. The Morgan fingerprint density at radius 1 is 1.29 bits per heavy atom. The smallest absolute Gasteiger partial charge is 0.117 e. The molecule has 2 N–H and O–H groups in total. The van der Waals surface area contributed by atoms with Crippen molar-refractivity contribution < 1.29 is 9.84 Å². The van der Waals surface area contributed by atoms with Crippen LogP contribution in [0.4, 0.5) is 0 Å². The predicted molar refractivity (Wildman–Crippen MR) is 68.7 cm³/mol. The number of benzene rings is 1. The monoisotopic (exact) mass is 275 g/mol. The average Bonchev–Trinajstić information content (AvgIpc) is 2.59. The summed E-state index contributed by atoms with van der Waals surface area (Å²) < 4.78 is 5.81. The van der Waals surface area contributed by atoms with Gasteiger partial charge in [-0.3, -0.25) is 0 Å². The zero-order valence-electron chi connectivity index (χ0n) is 9.38. The lowest BCUT2D eigenvalue weighted by Crippen LogP contribution is -2.34. The summed E-state index contributed by atoms with van der Waals surface area (Å²) >= 11 is 11.9. The van der Waals surface area contributed by atoms with Gasteiger partial charge < -0.3 is 15.2 Å². The van der Waals surface area contributed by atoms with Crippen molar-refractivity contribution in [2.24, 2.45) is 0 Å². The molecule has 1 saturated heterocycles. The molecule has 0 radical (unpaired) electrons. The second-order valence-electron chi connectivity index (χ2n) is 4.13. The first kappa shape index (κ1) is 13.1. The molecule has 2 rings (SSSR count). The molecule has 0 aromatic heterocycles. The summed E-state index contributed by atoms with van der Waals surface area (Å²) in [6.07, 6.45) is 0.710. The number of aliphatic hydroxyl groups excluding tert-OH is 1. The maximum absolute atomic E-state index is 9.65. The van der Waals surface area contributed by atoms with Crippen molar-refractivity contribution in [3.05, 3.63) is 33.8 Å². The Kier molecular flexibility index (Phi) is 4.28. The zero-order chi connectivity index (χ0) is 12.3. The van der Waals surface area contributed by atoms with Crippen LogP contribution in [0.2, 0.25) is 10.0 Å². The Bertz CT molecular complexity index is 390. The van der Waals surface area contributed by atoms with Crippen LogP contribution in [-0.2, 0) is 10.3 Å². The minimum atomic E-state index is -0.669. The SMILES string of the molecule is OC[C@]1(c2ccc(Cl)c(Cl)c2)CCNCCO1. The normalized spacial score (nSPS) is 25.6. The van der Waals surface area contributed by atoms with E-state index in [0.29, 0.717) is 23.1 Å². The van der Waals surface area contributed by atoms with Crippen molar-refractivity contribution in [3.8, 4) is 0 Å². The first-order chi connectivity index (χ1) is 8.18. The lowest BCUT2D eigenvalue weighted by Gasteiger charge is -2.31. The number of nitrogens with one attached hydrogen (secondary N) is 1. The van der Waals surface area contributed by atoms with Crippen LogP contribution in [0.5, 0.6) is 0 Å². The largest absolute Gasteiger partial charge is 0.393 e. The molecule has 1 aliphatic heterocycles. The van der Waals surface area contributed by atoms with Crippen molar-refractivity contribution in [2.45, 2.75) is 12.0 Å². The van der Waals surface area contributed by atoms with Crippen LogP contribution in [0, 0.1) is 0 Å². The number of halogens is 2. The Morgan fingerprint density at radius 2 is 2.12 bits per heavy atom. The zero-order valence-corrected chi connectivity index (χ0v) is 10.9. The molecule has 1 aromatic rings. The topological polar surface area (TPSA) is 41.5 Å². The molecule has 5 heteroatoms. The maximum atomic E-state index is 9.65. The molecule has 1 heterocycles. The van der Waals surface area contributed by atoms with Gasteiger partial charge in [-0.15, -0.1) is 0 Å². The van der Waals surface area contributed by atoms with E-state index >= 15 is 0 Å². The fourth-order valence-electron chi connectivity index (χ4n) is 2.03. The standard InChI is InChI=1S/C12H15Cl2NO2/c13-10-2-1-9(7-11(10)14)12(8-16)3-4-15-5-6-17-12/h1-2,7,15-16H,3-6,8H2/t12-/m0/s1. The lowest BCUT2D eigenvalue weighted by atomic mass is 9.91. The second kappa shape index (κ2) is 5.55. The highest BCUT2D eigenvalue weighted by Crippen LogP contribution is 2.34. The van der Waals surface area contributed by atoms with Crippen LogP contribution < -0.4 is 5.32 Å². The third-order valence-corrected chi connectivity index (χ3v) is 3.80. The lowest BCUT2D eigenvalue weighted by molar-refractivity contribution is -0.0790. The summed E-state index contributed by atoms with van der Waals surface area (Å²) in [5, 5.41) is 13.9. The molecule has 94 valence electrons. The molecule has 1 aromatic carbocycles. The fraction of sp³-hybridized carbons (Fsp3) is 0.500. The molecule has 0 unspecified atom stereocenters. The van der Waals surface area contributed by atoms with E-state index in [0.717, 1.165) is 18.7 Å². The van der Waals surface area contributed by atoms with Gasteiger partial charge in [-0.05, 0) is 30.7 Å². The highest BCUT2D eigenvalue weighted by molar-refractivity contribution is 6.42. The van der Waals surface area contributed by atoms with Crippen LogP contribution in [-0.4, -0.2) is 31.4 Å². The van der Waals surface area contributed by atoms with E-state index in [1.807, 2.05) is 6.07 Å². The molecular weight excluding hydrogens is 261 g/mol. The summed E-state index contributed by atoms with van der Waals surface area (Å²) in [5.74, 6) is 0. The van der Waals surface area contributed by atoms with Crippen LogP contribution in [0.15, 0.2) is 18.2 Å². The molecule has 1 fully saturated rings. The Balaban J connectivity index is 2.35. The third-order valence-electron chi connectivity index (χ3n) is 3.06. The number of rotatable bonds is 2. The van der Waals surface area contributed by atoms with Crippen molar-refractivity contribution in [2.75, 3.05) is 26.3 Å². The quantitative estimate of drug-likeness (QED) is 0.870. The Labute approximate surface area is 111 Å². The summed E-state index contributed by atoms with van der Waals surface area (Å²) in [6.45, 7) is 2.11. The van der Waals surface area contributed by atoms with E-state index in [-0.39, 0.29) is 6.61 Å². The van der Waals surface area contributed by atoms with Gasteiger partial charge in [-0.1, -0.05) is 29.3 Å². The highest BCUT2D eigenvalue weighted by atomic mass is 35.5. The van der Waals surface area contributed by atoms with Gasteiger partial charge in [0, 0.05) is 6.54 Å². The molecule has 0 spiro atoms.